The molecule has 4 aromatic rings. The Balaban J connectivity index is 0.900. The molecule has 0 spiro atoms. The largest absolute Gasteiger partial charge is 0.461 e. The molecule has 0 saturated carbocycles. The molecule has 42 heavy (non-hydrogen) atoms. The van der Waals surface area contributed by atoms with Crippen LogP contribution in [-0.4, -0.2) is 55.8 Å². The molecule has 0 aliphatic carbocycles. The van der Waals surface area contributed by atoms with Crippen molar-refractivity contribution in [1.29, 1.82) is 0 Å². The molecular formula is C32H34N4O4S2. The third kappa shape index (κ3) is 6.29. The summed E-state index contributed by atoms with van der Waals surface area (Å²) in [5.74, 6) is 1.26. The molecule has 0 radical (unpaired) electrons. The van der Waals surface area contributed by atoms with Crippen molar-refractivity contribution in [2.24, 2.45) is 0 Å². The van der Waals surface area contributed by atoms with Gasteiger partial charge in [-0.15, -0.1) is 0 Å². The Bertz CT molecular complexity index is 1420. The molecule has 2 aromatic carbocycles. The summed E-state index contributed by atoms with van der Waals surface area (Å²) >= 11 is 3.35. The second kappa shape index (κ2) is 13.6. The van der Waals surface area contributed by atoms with E-state index in [-0.39, 0.29) is 11.9 Å². The first-order valence-corrected chi connectivity index (χ1v) is 16.6. The van der Waals surface area contributed by atoms with E-state index in [1.807, 2.05) is 69.8 Å². The van der Waals surface area contributed by atoms with Gasteiger partial charge in [0, 0.05) is 35.7 Å². The van der Waals surface area contributed by atoms with Gasteiger partial charge in [0.2, 0.25) is 0 Å². The van der Waals surface area contributed by atoms with Gasteiger partial charge in [-0.3, -0.25) is 0 Å². The first-order chi connectivity index (χ1) is 20.7. The molecule has 2 aliphatic heterocycles. The third-order valence-electron chi connectivity index (χ3n) is 7.44. The van der Waals surface area contributed by atoms with Crippen molar-refractivity contribution in [1.82, 2.24) is 19.1 Å². The Kier molecular flexibility index (Phi) is 9.30. The second-order valence-electron chi connectivity index (χ2n) is 10.3. The van der Waals surface area contributed by atoms with E-state index in [1.165, 1.54) is 0 Å². The molecule has 0 bridgehead atoms. The van der Waals surface area contributed by atoms with Crippen molar-refractivity contribution in [2.45, 2.75) is 61.9 Å². The van der Waals surface area contributed by atoms with Gasteiger partial charge in [0.25, 0.3) is 0 Å². The topological polar surface area (TPSA) is 88.2 Å². The number of hydrogen-bond donors (Lipinski definition) is 0. The number of rotatable bonds is 13. The average molecular weight is 603 g/mol. The van der Waals surface area contributed by atoms with E-state index in [9.17, 15) is 9.59 Å². The lowest BCUT2D eigenvalue weighted by Gasteiger charge is -2.09. The van der Waals surface area contributed by atoms with Crippen LogP contribution in [0.2, 0.25) is 0 Å². The molecular weight excluding hydrogens is 569 g/mol. The maximum Gasteiger partial charge on any atom is 0.357 e. The number of thioether (sulfide) groups is 2. The lowest BCUT2D eigenvalue weighted by molar-refractivity contribution is 0.0472. The van der Waals surface area contributed by atoms with Crippen LogP contribution in [0.5, 0.6) is 0 Å². The van der Waals surface area contributed by atoms with Crippen LogP contribution in [0, 0.1) is 0 Å². The predicted octanol–water partition coefficient (Wildman–Crippen LogP) is 6.98. The van der Waals surface area contributed by atoms with Crippen molar-refractivity contribution in [3.05, 3.63) is 72.1 Å². The van der Waals surface area contributed by atoms with Crippen molar-refractivity contribution in [2.75, 3.05) is 24.7 Å². The number of unbranched alkanes of at least 4 members (excludes halogenated alkanes) is 5. The quantitative estimate of drug-likeness (QED) is 0.120. The van der Waals surface area contributed by atoms with Crippen LogP contribution in [0.4, 0.5) is 0 Å². The number of carbonyl (C=O) groups is 2. The summed E-state index contributed by atoms with van der Waals surface area (Å²) in [7, 11) is 0. The Hall–Kier alpha value is -3.50. The maximum absolute atomic E-state index is 13.0. The first-order valence-electron chi connectivity index (χ1n) is 14.6. The summed E-state index contributed by atoms with van der Waals surface area (Å²) in [5.41, 5.74) is 4.40. The van der Waals surface area contributed by atoms with Gasteiger partial charge in [-0.1, -0.05) is 110 Å². The monoisotopic (exact) mass is 602 g/mol. The summed E-state index contributed by atoms with van der Waals surface area (Å²) in [5, 5.41) is 1.77. The summed E-state index contributed by atoms with van der Waals surface area (Å²) < 4.78 is 15.3. The van der Waals surface area contributed by atoms with E-state index < -0.39 is 0 Å². The zero-order valence-electron chi connectivity index (χ0n) is 23.5. The standard InChI is InChI=1S/C32H34N4O4S2/c37-29(27-25(23-13-7-5-8-14-23)33-31-35(27)17-21-41-31)39-19-11-3-1-2-4-12-20-40-30(38)28-26(24-15-9-6-10-16-24)34-32-36(28)18-22-42-32/h5-10,13-16H,1-4,11-12,17-22H2. The Morgan fingerprint density at radius 2 is 1.02 bits per heavy atom. The predicted molar refractivity (Wildman–Crippen MR) is 165 cm³/mol. The van der Waals surface area contributed by atoms with E-state index in [2.05, 4.69) is 0 Å². The van der Waals surface area contributed by atoms with Crippen LogP contribution in [0.1, 0.15) is 59.5 Å². The fraction of sp³-hybridized carbons (Fsp3) is 0.375. The molecule has 0 amide bonds. The molecule has 6 rings (SSSR count). The molecule has 0 N–H and O–H groups in total. The number of aromatic nitrogens is 4. The Morgan fingerprint density at radius 1 is 0.619 bits per heavy atom. The van der Waals surface area contributed by atoms with Crippen LogP contribution in [0.25, 0.3) is 22.5 Å². The molecule has 0 atom stereocenters. The van der Waals surface area contributed by atoms with Gasteiger partial charge in [0.05, 0.1) is 13.2 Å². The highest BCUT2D eigenvalue weighted by Gasteiger charge is 2.29. The number of fused-ring (bicyclic) bond motifs is 2. The highest BCUT2D eigenvalue weighted by Crippen LogP contribution is 2.35. The maximum atomic E-state index is 13.0. The number of esters is 2. The van der Waals surface area contributed by atoms with Crippen LogP contribution in [0.15, 0.2) is 71.0 Å². The van der Waals surface area contributed by atoms with Gasteiger partial charge in [-0.05, 0) is 12.8 Å². The molecule has 0 unspecified atom stereocenters. The molecule has 2 aliphatic rings. The highest BCUT2D eigenvalue weighted by molar-refractivity contribution is 7.99. The van der Waals surface area contributed by atoms with Crippen LogP contribution < -0.4 is 0 Å². The minimum atomic E-state index is -0.297. The van der Waals surface area contributed by atoms with Gasteiger partial charge in [0.15, 0.2) is 21.7 Å². The normalized spacial score (nSPS) is 13.6. The summed E-state index contributed by atoms with van der Waals surface area (Å²) in [4.78, 5) is 35.5. The number of nitrogens with zero attached hydrogens (tertiary/aromatic N) is 4. The first kappa shape index (κ1) is 28.6. The number of carbonyl (C=O) groups excluding carboxylic acids is 2. The fourth-order valence-corrected chi connectivity index (χ4v) is 7.24. The highest BCUT2D eigenvalue weighted by atomic mass is 32.2. The Labute approximate surface area is 254 Å². The van der Waals surface area contributed by atoms with Crippen molar-refractivity contribution >= 4 is 35.5 Å². The minimum absolute atomic E-state index is 0.297. The van der Waals surface area contributed by atoms with Crippen LogP contribution >= 0.6 is 23.5 Å². The second-order valence-corrected chi connectivity index (χ2v) is 12.4. The van der Waals surface area contributed by atoms with Crippen molar-refractivity contribution in [3.63, 3.8) is 0 Å². The van der Waals surface area contributed by atoms with Gasteiger partial charge >= 0.3 is 11.9 Å². The number of imidazole rings is 2. The number of benzene rings is 2. The SMILES string of the molecule is O=C(OCCCCCCCCOC(=O)c1c(-c2ccccc2)nc2n1CCS2)c1c(-c2ccccc2)nc2n1CCS2. The molecule has 218 valence electrons. The van der Waals surface area contributed by atoms with Crippen molar-refractivity contribution in [3.8, 4) is 22.5 Å². The van der Waals surface area contributed by atoms with E-state index in [0.29, 0.717) is 36.0 Å². The van der Waals surface area contributed by atoms with Gasteiger partial charge < -0.3 is 18.6 Å². The zero-order valence-corrected chi connectivity index (χ0v) is 25.1. The number of hydrogen-bond acceptors (Lipinski definition) is 8. The lowest BCUT2D eigenvalue weighted by Crippen LogP contribution is -2.14. The molecule has 0 saturated heterocycles. The number of ether oxygens (including phenoxy) is 2. The molecule has 4 heterocycles. The molecule has 10 heteroatoms. The van der Waals surface area contributed by atoms with Gasteiger partial charge in [-0.25, -0.2) is 19.6 Å². The van der Waals surface area contributed by atoms with Gasteiger partial charge in [0.1, 0.15) is 11.4 Å². The fourth-order valence-electron chi connectivity index (χ4n) is 5.34. The van der Waals surface area contributed by atoms with Crippen LogP contribution in [-0.2, 0) is 22.6 Å². The molecule has 0 fully saturated rings. The van der Waals surface area contributed by atoms with Crippen LogP contribution in [0.3, 0.4) is 0 Å². The minimum Gasteiger partial charge on any atom is -0.461 e. The molecule has 2 aromatic heterocycles. The third-order valence-corrected chi connectivity index (χ3v) is 9.36. The van der Waals surface area contributed by atoms with Crippen molar-refractivity contribution < 1.29 is 19.1 Å². The van der Waals surface area contributed by atoms with E-state index >= 15 is 0 Å². The molecule has 8 nitrogen and oxygen atoms in total. The summed E-state index contributed by atoms with van der Waals surface area (Å²) in [6.07, 6.45) is 5.71. The average Bonchev–Trinajstić information content (AvgIpc) is 3.80. The van der Waals surface area contributed by atoms with E-state index in [1.54, 1.807) is 23.5 Å². The smallest absolute Gasteiger partial charge is 0.357 e. The summed E-state index contributed by atoms with van der Waals surface area (Å²) in [6.45, 7) is 2.35. The van der Waals surface area contributed by atoms with E-state index in [0.717, 1.165) is 84.6 Å². The summed E-state index contributed by atoms with van der Waals surface area (Å²) in [6, 6.07) is 19.7. The van der Waals surface area contributed by atoms with E-state index in [4.69, 9.17) is 19.4 Å². The Morgan fingerprint density at radius 3 is 1.45 bits per heavy atom. The lowest BCUT2D eigenvalue weighted by atomic mass is 10.1. The van der Waals surface area contributed by atoms with Gasteiger partial charge in [-0.2, -0.15) is 0 Å². The zero-order chi connectivity index (χ0) is 28.7.